The number of hydrogen-bond donors (Lipinski definition) is 2. The van der Waals surface area contributed by atoms with E-state index in [-0.39, 0.29) is 22.8 Å². The van der Waals surface area contributed by atoms with E-state index in [4.69, 9.17) is 0 Å². The Bertz CT molecular complexity index is 270. The van der Waals surface area contributed by atoms with Crippen molar-refractivity contribution in [1.82, 2.24) is 5.32 Å². The maximum absolute atomic E-state index is 11.8. The average molecular weight is 241 g/mol. The number of hydrogen-bond acceptors (Lipinski definition) is 2. The fraction of sp³-hybridized carbons (Fsp3) is 0.929. The van der Waals surface area contributed by atoms with Crippen LogP contribution in [-0.2, 0) is 4.79 Å². The highest BCUT2D eigenvalue weighted by Gasteiger charge is 2.35. The van der Waals surface area contributed by atoms with Crippen molar-refractivity contribution in [3.63, 3.8) is 0 Å². The Morgan fingerprint density at radius 2 is 2.06 bits per heavy atom. The van der Waals surface area contributed by atoms with Crippen LogP contribution in [0.15, 0.2) is 0 Å². The molecular weight excluding hydrogens is 214 g/mol. The standard InChI is InChI=1S/C14H27NO2/c1-13(2,3)9-12(17)15-10-14(4)8-6-5-7-11(14)16/h11,16H,5-10H2,1-4H3,(H,15,17)/t11-,14+/m1/s1. The quantitative estimate of drug-likeness (QED) is 0.797. The Hall–Kier alpha value is -0.570. The summed E-state index contributed by atoms with van der Waals surface area (Å²) in [4.78, 5) is 11.8. The third-order valence-corrected chi connectivity index (χ3v) is 3.66. The molecule has 0 aromatic carbocycles. The lowest BCUT2D eigenvalue weighted by molar-refractivity contribution is -0.124. The zero-order valence-electron chi connectivity index (χ0n) is 11.7. The second-order valence-electron chi connectivity index (χ2n) is 6.93. The van der Waals surface area contributed by atoms with Crippen molar-refractivity contribution in [2.45, 2.75) is 65.9 Å². The van der Waals surface area contributed by atoms with E-state index in [1.165, 1.54) is 0 Å². The van der Waals surface area contributed by atoms with Crippen LogP contribution < -0.4 is 5.32 Å². The molecule has 1 saturated carbocycles. The van der Waals surface area contributed by atoms with Crippen LogP contribution in [0.25, 0.3) is 0 Å². The molecule has 1 aliphatic rings. The van der Waals surface area contributed by atoms with Gasteiger partial charge in [0.25, 0.3) is 0 Å². The summed E-state index contributed by atoms with van der Waals surface area (Å²) in [5.74, 6) is 0.0940. The van der Waals surface area contributed by atoms with Crippen LogP contribution in [0.1, 0.15) is 59.8 Å². The molecule has 0 saturated heterocycles. The molecule has 2 N–H and O–H groups in total. The van der Waals surface area contributed by atoms with Crippen LogP contribution in [0.3, 0.4) is 0 Å². The van der Waals surface area contributed by atoms with Crippen LogP contribution in [0.4, 0.5) is 0 Å². The Morgan fingerprint density at radius 3 is 2.59 bits per heavy atom. The van der Waals surface area contributed by atoms with E-state index in [0.29, 0.717) is 13.0 Å². The molecule has 2 atom stereocenters. The van der Waals surface area contributed by atoms with Crippen LogP contribution in [0.5, 0.6) is 0 Å². The predicted octanol–water partition coefficient (Wildman–Crippen LogP) is 2.48. The molecule has 0 heterocycles. The smallest absolute Gasteiger partial charge is 0.220 e. The van der Waals surface area contributed by atoms with Gasteiger partial charge >= 0.3 is 0 Å². The van der Waals surface area contributed by atoms with Crippen LogP contribution in [0, 0.1) is 10.8 Å². The molecule has 17 heavy (non-hydrogen) atoms. The van der Waals surface area contributed by atoms with Crippen molar-refractivity contribution < 1.29 is 9.90 Å². The number of aliphatic hydroxyl groups excluding tert-OH is 1. The molecule has 1 fully saturated rings. The summed E-state index contributed by atoms with van der Waals surface area (Å²) >= 11 is 0. The van der Waals surface area contributed by atoms with Gasteiger partial charge in [0.1, 0.15) is 0 Å². The van der Waals surface area contributed by atoms with Gasteiger partial charge in [0.2, 0.25) is 5.91 Å². The van der Waals surface area contributed by atoms with Gasteiger partial charge in [-0.15, -0.1) is 0 Å². The Labute approximate surface area is 105 Å². The lowest BCUT2D eigenvalue weighted by Crippen LogP contribution is -2.45. The van der Waals surface area contributed by atoms with E-state index < -0.39 is 0 Å². The molecule has 1 rings (SSSR count). The van der Waals surface area contributed by atoms with E-state index in [9.17, 15) is 9.90 Å². The van der Waals surface area contributed by atoms with Crippen molar-refractivity contribution in [1.29, 1.82) is 0 Å². The van der Waals surface area contributed by atoms with Gasteiger partial charge in [-0.1, -0.05) is 40.5 Å². The summed E-state index contributed by atoms with van der Waals surface area (Å²) in [6.45, 7) is 8.86. The summed E-state index contributed by atoms with van der Waals surface area (Å²) in [5.41, 5.74) is -0.109. The molecule has 0 aromatic heterocycles. The highest BCUT2D eigenvalue weighted by atomic mass is 16.3. The topological polar surface area (TPSA) is 49.3 Å². The van der Waals surface area contributed by atoms with Crippen molar-refractivity contribution in [3.8, 4) is 0 Å². The van der Waals surface area contributed by atoms with Gasteiger partial charge in [-0.2, -0.15) is 0 Å². The average Bonchev–Trinajstić information content (AvgIpc) is 2.18. The monoisotopic (exact) mass is 241 g/mol. The first kappa shape index (κ1) is 14.5. The second-order valence-corrected chi connectivity index (χ2v) is 6.93. The Balaban J connectivity index is 2.41. The third kappa shape index (κ3) is 4.66. The van der Waals surface area contributed by atoms with Crippen LogP contribution >= 0.6 is 0 Å². The third-order valence-electron chi connectivity index (χ3n) is 3.66. The maximum atomic E-state index is 11.8. The zero-order chi connectivity index (χ0) is 13.1. The summed E-state index contributed by atoms with van der Waals surface area (Å²) in [5, 5.41) is 13.0. The van der Waals surface area contributed by atoms with Gasteiger partial charge in [0.15, 0.2) is 0 Å². The second kappa shape index (κ2) is 5.38. The fourth-order valence-corrected chi connectivity index (χ4v) is 2.43. The lowest BCUT2D eigenvalue weighted by atomic mass is 9.73. The predicted molar refractivity (Wildman–Crippen MR) is 69.7 cm³/mol. The molecule has 0 bridgehead atoms. The molecule has 0 aromatic rings. The van der Waals surface area contributed by atoms with Crippen LogP contribution in [0.2, 0.25) is 0 Å². The zero-order valence-corrected chi connectivity index (χ0v) is 11.7. The molecule has 1 aliphatic carbocycles. The maximum Gasteiger partial charge on any atom is 0.220 e. The first-order valence-electron chi connectivity index (χ1n) is 6.68. The van der Waals surface area contributed by atoms with Gasteiger partial charge < -0.3 is 10.4 Å². The summed E-state index contributed by atoms with van der Waals surface area (Å²) in [6, 6.07) is 0. The molecule has 1 amide bonds. The van der Waals surface area contributed by atoms with Crippen molar-refractivity contribution in [2.24, 2.45) is 10.8 Å². The minimum atomic E-state index is -0.272. The summed E-state index contributed by atoms with van der Waals surface area (Å²) < 4.78 is 0. The largest absolute Gasteiger partial charge is 0.392 e. The van der Waals surface area contributed by atoms with E-state index in [1.807, 2.05) is 0 Å². The van der Waals surface area contributed by atoms with E-state index in [2.05, 4.69) is 33.0 Å². The molecule has 0 spiro atoms. The first-order valence-corrected chi connectivity index (χ1v) is 6.68. The van der Waals surface area contributed by atoms with Gasteiger partial charge in [0.05, 0.1) is 6.10 Å². The number of amides is 1. The number of rotatable bonds is 3. The molecule has 0 radical (unpaired) electrons. The van der Waals surface area contributed by atoms with Gasteiger partial charge in [0, 0.05) is 18.4 Å². The van der Waals surface area contributed by atoms with Gasteiger partial charge in [-0.3, -0.25) is 4.79 Å². The van der Waals surface area contributed by atoms with Crippen molar-refractivity contribution in [3.05, 3.63) is 0 Å². The number of nitrogens with one attached hydrogen (secondary N) is 1. The molecule has 100 valence electrons. The van der Waals surface area contributed by atoms with E-state index >= 15 is 0 Å². The molecule has 3 heteroatoms. The highest BCUT2D eigenvalue weighted by Crippen LogP contribution is 2.35. The normalized spacial score (nSPS) is 30.1. The van der Waals surface area contributed by atoms with Gasteiger partial charge in [-0.05, 0) is 18.3 Å². The lowest BCUT2D eigenvalue weighted by Gasteiger charge is -2.38. The Kier molecular flexibility index (Phi) is 4.59. The molecule has 3 nitrogen and oxygen atoms in total. The SMILES string of the molecule is CC(C)(C)CC(=O)NC[C@]1(C)CCCC[C@H]1O. The minimum Gasteiger partial charge on any atom is -0.392 e. The number of aliphatic hydroxyl groups is 1. The van der Waals surface area contributed by atoms with Crippen molar-refractivity contribution in [2.75, 3.05) is 6.54 Å². The summed E-state index contributed by atoms with van der Waals surface area (Å²) in [6.07, 6.45) is 4.40. The molecular formula is C14H27NO2. The Morgan fingerprint density at radius 1 is 1.41 bits per heavy atom. The van der Waals surface area contributed by atoms with E-state index in [1.54, 1.807) is 0 Å². The van der Waals surface area contributed by atoms with E-state index in [0.717, 1.165) is 25.7 Å². The van der Waals surface area contributed by atoms with Crippen LogP contribution in [-0.4, -0.2) is 23.7 Å². The first-order chi connectivity index (χ1) is 7.73. The minimum absolute atomic E-state index is 0.0240. The summed E-state index contributed by atoms with van der Waals surface area (Å²) in [7, 11) is 0. The fourth-order valence-electron chi connectivity index (χ4n) is 2.43. The van der Waals surface area contributed by atoms with Gasteiger partial charge in [-0.25, -0.2) is 0 Å². The number of carbonyl (C=O) groups is 1. The molecule has 0 aliphatic heterocycles. The highest BCUT2D eigenvalue weighted by molar-refractivity contribution is 5.76. The molecule has 0 unspecified atom stereocenters. The van der Waals surface area contributed by atoms with Crippen molar-refractivity contribution >= 4 is 5.91 Å². The number of carbonyl (C=O) groups excluding carboxylic acids is 1.